The molecule has 0 radical (unpaired) electrons. The van der Waals surface area contributed by atoms with Crippen LogP contribution in [0.5, 0.6) is 0 Å². The quantitative estimate of drug-likeness (QED) is 0.659. The summed E-state index contributed by atoms with van der Waals surface area (Å²) in [6.07, 6.45) is 1.22. The number of alkyl halides is 1. The van der Waals surface area contributed by atoms with Gasteiger partial charge in [0.2, 0.25) is 5.67 Å². The molecule has 3 rings (SSSR count). The van der Waals surface area contributed by atoms with Crippen molar-refractivity contribution in [2.45, 2.75) is 12.1 Å². The molecule has 0 bridgehead atoms. The highest BCUT2D eigenvalue weighted by Crippen LogP contribution is 2.27. The lowest BCUT2D eigenvalue weighted by molar-refractivity contribution is -0.384. The van der Waals surface area contributed by atoms with Gasteiger partial charge in [0.05, 0.1) is 17.2 Å². The maximum absolute atomic E-state index is 14.1. The predicted molar refractivity (Wildman–Crippen MR) is 82.2 cm³/mol. The van der Waals surface area contributed by atoms with Crippen molar-refractivity contribution in [2.75, 3.05) is 13.1 Å². The maximum Gasteiger partial charge on any atom is 0.343 e. The topological polar surface area (TPSA) is 119 Å². The minimum Gasteiger partial charge on any atom is -0.479 e. The molecule has 1 amide bonds. The molecule has 1 unspecified atom stereocenters. The Morgan fingerprint density at radius 3 is 2.52 bits per heavy atom. The van der Waals surface area contributed by atoms with Crippen LogP contribution in [-0.4, -0.2) is 55.3 Å². The molecule has 1 atom stereocenters. The van der Waals surface area contributed by atoms with Crippen molar-refractivity contribution in [3.63, 3.8) is 0 Å². The zero-order valence-corrected chi connectivity index (χ0v) is 12.8. The van der Waals surface area contributed by atoms with Crippen LogP contribution in [0.25, 0.3) is 5.69 Å². The van der Waals surface area contributed by atoms with Crippen molar-refractivity contribution in [3.8, 4) is 5.69 Å². The second kappa shape index (κ2) is 5.96. The maximum atomic E-state index is 14.1. The van der Waals surface area contributed by atoms with Crippen molar-refractivity contribution >= 4 is 17.6 Å². The van der Waals surface area contributed by atoms with Crippen LogP contribution in [0.1, 0.15) is 16.9 Å². The number of nitro groups is 1. The van der Waals surface area contributed by atoms with Crippen molar-refractivity contribution in [2.24, 2.45) is 0 Å². The third kappa shape index (κ3) is 3.05. The SMILES string of the molecule is O=C(c1ccn(-c2ccc([N+](=O)[O-])cc2)n1)N1CCC(F)(C(=O)O)C1. The monoisotopic (exact) mass is 348 g/mol. The number of carbonyl (C=O) groups is 2. The lowest BCUT2D eigenvalue weighted by Gasteiger charge is -2.16. The number of nitrogens with zero attached hydrogens (tertiary/aromatic N) is 4. The summed E-state index contributed by atoms with van der Waals surface area (Å²) >= 11 is 0. The Kier molecular flexibility index (Phi) is 3.95. The Labute approximate surface area is 140 Å². The number of aliphatic carboxylic acids is 1. The molecule has 0 saturated carbocycles. The van der Waals surface area contributed by atoms with Crippen LogP contribution in [-0.2, 0) is 4.79 Å². The molecule has 1 N–H and O–H groups in total. The Morgan fingerprint density at radius 1 is 1.28 bits per heavy atom. The minimum atomic E-state index is -2.43. The van der Waals surface area contributed by atoms with Crippen LogP contribution in [0.15, 0.2) is 36.5 Å². The number of carboxylic acids is 1. The standard InChI is InChI=1S/C15H13FN4O5/c16-15(14(22)23)6-8-18(9-15)13(21)12-5-7-19(17-12)10-1-3-11(4-2-10)20(24)25/h1-5,7H,6,8-9H2,(H,22,23). The fourth-order valence-corrected chi connectivity index (χ4v) is 2.59. The van der Waals surface area contributed by atoms with Gasteiger partial charge in [0.25, 0.3) is 11.6 Å². The molecule has 1 fully saturated rings. The first-order chi connectivity index (χ1) is 11.8. The van der Waals surface area contributed by atoms with E-state index in [0.717, 1.165) is 4.90 Å². The van der Waals surface area contributed by atoms with E-state index in [0.29, 0.717) is 5.69 Å². The van der Waals surface area contributed by atoms with Gasteiger partial charge in [0, 0.05) is 31.3 Å². The molecule has 1 aromatic carbocycles. The smallest absolute Gasteiger partial charge is 0.343 e. The average Bonchev–Trinajstić information content (AvgIpc) is 3.22. The van der Waals surface area contributed by atoms with Crippen LogP contribution >= 0.6 is 0 Å². The van der Waals surface area contributed by atoms with Crippen molar-refractivity contribution in [3.05, 3.63) is 52.3 Å². The molecule has 0 spiro atoms. The molecular formula is C15H13FN4O5. The minimum absolute atomic E-state index is 0.00791. The Balaban J connectivity index is 1.76. The zero-order valence-electron chi connectivity index (χ0n) is 12.8. The molecule has 10 heteroatoms. The summed E-state index contributed by atoms with van der Waals surface area (Å²) < 4.78 is 15.4. The van der Waals surface area contributed by atoms with E-state index >= 15 is 0 Å². The number of non-ortho nitro benzene ring substituents is 1. The number of hydrogen-bond acceptors (Lipinski definition) is 5. The number of hydrogen-bond donors (Lipinski definition) is 1. The highest BCUT2D eigenvalue weighted by molar-refractivity contribution is 5.93. The molecule has 2 aromatic rings. The lowest BCUT2D eigenvalue weighted by Crippen LogP contribution is -2.39. The Hall–Kier alpha value is -3.30. The van der Waals surface area contributed by atoms with E-state index in [4.69, 9.17) is 5.11 Å². The summed E-state index contributed by atoms with van der Waals surface area (Å²) in [4.78, 5) is 34.5. The Bertz CT molecular complexity index is 850. The summed E-state index contributed by atoms with van der Waals surface area (Å²) in [5.74, 6) is -2.15. The summed E-state index contributed by atoms with van der Waals surface area (Å²) in [6.45, 7) is -0.530. The molecule has 0 aliphatic carbocycles. The second-order valence-corrected chi connectivity index (χ2v) is 5.67. The highest BCUT2D eigenvalue weighted by atomic mass is 19.1. The van der Waals surface area contributed by atoms with Gasteiger partial charge in [0.1, 0.15) is 0 Å². The first-order valence-electron chi connectivity index (χ1n) is 7.32. The fourth-order valence-electron chi connectivity index (χ4n) is 2.59. The van der Waals surface area contributed by atoms with Gasteiger partial charge in [-0.3, -0.25) is 14.9 Å². The van der Waals surface area contributed by atoms with Gasteiger partial charge < -0.3 is 10.0 Å². The zero-order chi connectivity index (χ0) is 18.2. The number of carboxylic acid groups (broad SMARTS) is 1. The molecule has 1 aromatic heterocycles. The summed E-state index contributed by atoms with van der Waals surface area (Å²) in [5.41, 5.74) is -1.96. The van der Waals surface area contributed by atoms with E-state index in [1.807, 2.05) is 0 Å². The Morgan fingerprint density at radius 2 is 1.96 bits per heavy atom. The molecule has 1 aliphatic rings. The van der Waals surface area contributed by atoms with Crippen LogP contribution in [0, 0.1) is 10.1 Å². The van der Waals surface area contributed by atoms with Crippen molar-refractivity contribution < 1.29 is 24.0 Å². The number of halogens is 1. The fraction of sp³-hybridized carbons (Fsp3) is 0.267. The van der Waals surface area contributed by atoms with Gasteiger partial charge in [-0.15, -0.1) is 0 Å². The van der Waals surface area contributed by atoms with Crippen LogP contribution < -0.4 is 0 Å². The van der Waals surface area contributed by atoms with E-state index in [-0.39, 0.29) is 24.3 Å². The van der Waals surface area contributed by atoms with E-state index in [1.165, 1.54) is 41.2 Å². The van der Waals surface area contributed by atoms with Crippen LogP contribution in [0.4, 0.5) is 10.1 Å². The largest absolute Gasteiger partial charge is 0.479 e. The summed E-state index contributed by atoms with van der Waals surface area (Å²) in [6, 6.07) is 6.99. The third-order valence-corrected chi connectivity index (χ3v) is 4.02. The molecule has 1 saturated heterocycles. The van der Waals surface area contributed by atoms with Gasteiger partial charge in [-0.05, 0) is 18.2 Å². The average molecular weight is 348 g/mol. The summed E-state index contributed by atoms with van der Waals surface area (Å²) in [7, 11) is 0. The number of rotatable bonds is 4. The van der Waals surface area contributed by atoms with Crippen LogP contribution in [0.2, 0.25) is 0 Å². The molecule has 130 valence electrons. The highest BCUT2D eigenvalue weighted by Gasteiger charge is 2.47. The first-order valence-corrected chi connectivity index (χ1v) is 7.32. The van der Waals surface area contributed by atoms with Crippen molar-refractivity contribution in [1.29, 1.82) is 0 Å². The number of nitro benzene ring substituents is 1. The van der Waals surface area contributed by atoms with Gasteiger partial charge >= 0.3 is 5.97 Å². The number of amides is 1. The van der Waals surface area contributed by atoms with Gasteiger partial charge in [0.15, 0.2) is 5.69 Å². The summed E-state index contributed by atoms with van der Waals surface area (Å²) in [5, 5.41) is 23.6. The van der Waals surface area contributed by atoms with E-state index in [1.54, 1.807) is 0 Å². The van der Waals surface area contributed by atoms with Crippen LogP contribution in [0.3, 0.4) is 0 Å². The second-order valence-electron chi connectivity index (χ2n) is 5.67. The van der Waals surface area contributed by atoms with Gasteiger partial charge in [-0.25, -0.2) is 13.9 Å². The number of likely N-dealkylation sites (tertiary alicyclic amines) is 1. The number of carbonyl (C=O) groups excluding carboxylic acids is 1. The molecule has 9 nitrogen and oxygen atoms in total. The van der Waals surface area contributed by atoms with E-state index in [2.05, 4.69) is 5.10 Å². The van der Waals surface area contributed by atoms with Crippen molar-refractivity contribution in [1.82, 2.24) is 14.7 Å². The van der Waals surface area contributed by atoms with E-state index in [9.17, 15) is 24.1 Å². The van der Waals surface area contributed by atoms with E-state index < -0.39 is 29.0 Å². The normalized spacial score (nSPS) is 19.8. The third-order valence-electron chi connectivity index (χ3n) is 4.02. The molecule has 1 aliphatic heterocycles. The number of aromatic nitrogens is 2. The molecule has 2 heterocycles. The van der Waals surface area contributed by atoms with Gasteiger partial charge in [-0.2, -0.15) is 5.10 Å². The van der Waals surface area contributed by atoms with Gasteiger partial charge in [-0.1, -0.05) is 0 Å². The predicted octanol–water partition coefficient (Wildman–Crippen LogP) is 1.42. The first kappa shape index (κ1) is 16.6. The molecule has 25 heavy (non-hydrogen) atoms. The number of benzene rings is 1. The molecular weight excluding hydrogens is 335 g/mol. The lowest BCUT2D eigenvalue weighted by atomic mass is 10.1.